The van der Waals surface area contributed by atoms with Crippen molar-refractivity contribution in [2.75, 3.05) is 20.8 Å². The summed E-state index contributed by atoms with van der Waals surface area (Å²) in [7, 11) is 4.30. The molecule has 3 rings (SSSR count). The van der Waals surface area contributed by atoms with Gasteiger partial charge in [0.25, 0.3) is 11.0 Å². The predicted molar refractivity (Wildman–Crippen MR) is 103 cm³/mol. The lowest BCUT2D eigenvalue weighted by Crippen LogP contribution is -2.33. The zero-order chi connectivity index (χ0) is 20.1. The molecule has 0 radical (unpaired) electrons. The average molecular weight is 381 g/mol. The van der Waals surface area contributed by atoms with Gasteiger partial charge in [-0.1, -0.05) is 35.5 Å². The number of ether oxygens (including phenoxy) is 2. The first-order chi connectivity index (χ1) is 13.5. The van der Waals surface area contributed by atoms with Crippen LogP contribution < -0.4 is 15.8 Å². The van der Waals surface area contributed by atoms with Gasteiger partial charge in [-0.15, -0.1) is 0 Å². The lowest BCUT2D eigenvalue weighted by atomic mass is 10.1. The van der Waals surface area contributed by atoms with E-state index in [0.717, 1.165) is 5.39 Å². The van der Waals surface area contributed by atoms with Gasteiger partial charge in [-0.25, -0.2) is 9.78 Å². The number of para-hydroxylation sites is 1. The molecule has 3 aromatic rings. The number of nitrogens with zero attached hydrogens (tertiary/aromatic N) is 3. The Morgan fingerprint density at radius 3 is 2.68 bits per heavy atom. The van der Waals surface area contributed by atoms with E-state index in [0.29, 0.717) is 22.5 Å². The van der Waals surface area contributed by atoms with Crippen molar-refractivity contribution in [1.82, 2.24) is 9.55 Å². The number of hydrogen-bond donors (Lipinski definition) is 0. The van der Waals surface area contributed by atoms with Crippen molar-refractivity contribution < 1.29 is 19.1 Å². The van der Waals surface area contributed by atoms with E-state index in [9.17, 15) is 9.59 Å². The highest BCUT2D eigenvalue weighted by molar-refractivity contribution is 5.92. The zero-order valence-corrected chi connectivity index (χ0v) is 15.7. The quantitative estimate of drug-likeness (QED) is 0.493. The largest absolute Gasteiger partial charge is 0.482 e. The monoisotopic (exact) mass is 381 g/mol. The molecule has 28 heavy (non-hydrogen) atoms. The van der Waals surface area contributed by atoms with Gasteiger partial charge in [0.15, 0.2) is 6.61 Å². The number of benzene rings is 2. The fraction of sp³-hybridized carbons (Fsp3) is 0.200. The lowest BCUT2D eigenvalue weighted by molar-refractivity contribution is -0.142. The fourth-order valence-electron chi connectivity index (χ4n) is 2.74. The first kappa shape index (κ1) is 19.1. The van der Waals surface area contributed by atoms with Crippen molar-refractivity contribution >= 4 is 16.9 Å². The van der Waals surface area contributed by atoms with Crippen LogP contribution in [0.5, 0.6) is 5.75 Å². The highest BCUT2D eigenvalue weighted by atomic mass is 16.6. The summed E-state index contributed by atoms with van der Waals surface area (Å²) in [6, 6.07) is 14.5. The molecule has 8 heteroatoms. The Labute approximate surface area is 160 Å². The Balaban J connectivity index is 2.25. The molecule has 0 spiro atoms. The third-order valence-electron chi connectivity index (χ3n) is 4.10. The summed E-state index contributed by atoms with van der Waals surface area (Å²) in [5.74, 6) is -0.0125. The van der Waals surface area contributed by atoms with Crippen LogP contribution in [0, 0.1) is 0 Å². The summed E-state index contributed by atoms with van der Waals surface area (Å²) < 4.78 is 11.5. The molecule has 2 aromatic carbocycles. The number of carbonyl (C=O) groups is 1. The van der Waals surface area contributed by atoms with E-state index in [1.165, 1.54) is 18.8 Å². The Morgan fingerprint density at radius 1 is 1.14 bits per heavy atom. The Bertz CT molecular complexity index is 1150. The summed E-state index contributed by atoms with van der Waals surface area (Å²) in [5, 5.41) is 4.53. The molecular formula is C20H19N3O5. The van der Waals surface area contributed by atoms with Crippen molar-refractivity contribution in [2.24, 2.45) is 12.2 Å². The highest BCUT2D eigenvalue weighted by Gasteiger charge is 2.11. The minimum absolute atomic E-state index is 0.0721. The van der Waals surface area contributed by atoms with Crippen LogP contribution >= 0.6 is 0 Å². The van der Waals surface area contributed by atoms with Crippen LogP contribution in [0.3, 0.4) is 0 Å². The minimum Gasteiger partial charge on any atom is -0.482 e. The van der Waals surface area contributed by atoms with E-state index in [2.05, 4.69) is 14.9 Å². The molecule has 0 aliphatic heterocycles. The maximum Gasteiger partial charge on any atom is 0.343 e. The average Bonchev–Trinajstić information content (AvgIpc) is 2.83. The van der Waals surface area contributed by atoms with Gasteiger partial charge in [-0.05, 0) is 18.2 Å². The van der Waals surface area contributed by atoms with E-state index in [1.807, 2.05) is 30.3 Å². The van der Waals surface area contributed by atoms with Crippen LogP contribution in [0.25, 0.3) is 22.2 Å². The fourth-order valence-corrected chi connectivity index (χ4v) is 2.74. The third-order valence-corrected chi connectivity index (χ3v) is 4.10. The van der Waals surface area contributed by atoms with Gasteiger partial charge in [-0.2, -0.15) is 0 Å². The number of methoxy groups -OCH3 is 1. The van der Waals surface area contributed by atoms with Crippen LogP contribution in [-0.4, -0.2) is 36.3 Å². The molecule has 0 unspecified atom stereocenters. The molecule has 0 atom stereocenters. The normalized spacial score (nSPS) is 11.3. The van der Waals surface area contributed by atoms with Crippen molar-refractivity contribution in [3.05, 3.63) is 64.4 Å². The van der Waals surface area contributed by atoms with Gasteiger partial charge in [0.05, 0.1) is 18.3 Å². The van der Waals surface area contributed by atoms with Crippen LogP contribution in [0.1, 0.15) is 0 Å². The third kappa shape index (κ3) is 3.85. The predicted octanol–water partition coefficient (Wildman–Crippen LogP) is 1.61. The second kappa shape index (κ2) is 8.34. The number of aromatic nitrogens is 2. The molecular weight excluding hydrogens is 362 g/mol. The molecule has 144 valence electrons. The molecule has 0 N–H and O–H groups in total. The molecule has 0 amide bonds. The van der Waals surface area contributed by atoms with E-state index in [-0.39, 0.29) is 17.7 Å². The van der Waals surface area contributed by atoms with E-state index >= 15 is 0 Å². The van der Waals surface area contributed by atoms with Gasteiger partial charge in [0.2, 0.25) is 0 Å². The first-order valence-corrected chi connectivity index (χ1v) is 8.42. The van der Waals surface area contributed by atoms with E-state index in [1.54, 1.807) is 25.2 Å². The van der Waals surface area contributed by atoms with Crippen LogP contribution in [0.15, 0.2) is 58.5 Å². The number of esters is 1. The van der Waals surface area contributed by atoms with Gasteiger partial charge in [-0.3, -0.25) is 4.79 Å². The van der Waals surface area contributed by atoms with Crippen molar-refractivity contribution in [1.29, 1.82) is 0 Å². The van der Waals surface area contributed by atoms with Gasteiger partial charge in [0, 0.05) is 18.0 Å². The molecule has 1 aromatic heterocycles. The first-order valence-electron chi connectivity index (χ1n) is 8.42. The van der Waals surface area contributed by atoms with Gasteiger partial charge >= 0.3 is 5.97 Å². The molecule has 8 nitrogen and oxygen atoms in total. The number of fused-ring (bicyclic) bond motifs is 1. The number of aryl methyl sites for hydroxylation is 1. The number of hydrogen-bond acceptors (Lipinski definition) is 7. The second-order valence-corrected chi connectivity index (χ2v) is 5.83. The molecule has 1 heterocycles. The maximum atomic E-state index is 12.7. The molecule has 0 aliphatic carbocycles. The smallest absolute Gasteiger partial charge is 0.343 e. The van der Waals surface area contributed by atoms with Crippen LogP contribution in [0.4, 0.5) is 0 Å². The molecule has 0 saturated carbocycles. The zero-order valence-electron chi connectivity index (χ0n) is 15.7. The summed E-state index contributed by atoms with van der Waals surface area (Å²) >= 11 is 0. The summed E-state index contributed by atoms with van der Waals surface area (Å²) in [4.78, 5) is 33.3. The van der Waals surface area contributed by atoms with Crippen molar-refractivity contribution in [3.8, 4) is 17.0 Å². The summed E-state index contributed by atoms with van der Waals surface area (Å²) in [6.07, 6.45) is 0. The van der Waals surface area contributed by atoms with E-state index < -0.39 is 5.97 Å². The van der Waals surface area contributed by atoms with Crippen molar-refractivity contribution in [2.45, 2.75) is 0 Å². The maximum absolute atomic E-state index is 12.7. The van der Waals surface area contributed by atoms with Crippen molar-refractivity contribution in [3.63, 3.8) is 0 Å². The Hall–Kier alpha value is -3.68. The molecule has 0 aliphatic rings. The topological polar surface area (TPSA) is 92.0 Å². The van der Waals surface area contributed by atoms with Crippen LogP contribution in [-0.2, 0) is 21.4 Å². The van der Waals surface area contributed by atoms with Gasteiger partial charge < -0.3 is 18.9 Å². The summed E-state index contributed by atoms with van der Waals surface area (Å²) in [6.45, 7) is -0.208. The number of rotatable bonds is 5. The Kier molecular flexibility index (Phi) is 5.69. The Morgan fingerprint density at radius 2 is 1.93 bits per heavy atom. The van der Waals surface area contributed by atoms with Crippen LogP contribution in [0.2, 0.25) is 0 Å². The SMILES string of the molecule is CON=c1nc(-c2cccc(OCC(=O)OC)c2)c2ccccc2n(C)c1=O. The second-order valence-electron chi connectivity index (χ2n) is 5.83. The lowest BCUT2D eigenvalue weighted by Gasteiger charge is -2.07. The van der Waals surface area contributed by atoms with Gasteiger partial charge in [0.1, 0.15) is 12.9 Å². The highest BCUT2D eigenvalue weighted by Crippen LogP contribution is 2.27. The minimum atomic E-state index is -0.482. The molecule has 0 bridgehead atoms. The molecule has 0 fully saturated rings. The molecule has 0 saturated heterocycles. The number of carbonyl (C=O) groups excluding carboxylic acids is 1. The summed E-state index contributed by atoms with van der Waals surface area (Å²) in [5.41, 5.74) is 1.46. The standard InChI is InChI=1S/C20H19N3O5/c1-23-16-10-5-4-9-15(16)18(21-19(20(23)25)22-27-3)13-7-6-8-14(11-13)28-12-17(24)26-2/h4-11H,12H2,1-3H3. The van der Waals surface area contributed by atoms with E-state index in [4.69, 9.17) is 9.57 Å².